The molecule has 4 aromatic rings. The molecule has 1 amide bonds. The lowest BCUT2D eigenvalue weighted by Crippen LogP contribution is -2.48. The quantitative estimate of drug-likeness (QED) is 0.248. The topological polar surface area (TPSA) is 127 Å². The van der Waals surface area contributed by atoms with E-state index < -0.39 is 0 Å². The summed E-state index contributed by atoms with van der Waals surface area (Å²) in [6.07, 6.45) is 2.35. The van der Waals surface area contributed by atoms with E-state index in [0.717, 1.165) is 5.39 Å². The number of nitrogens with one attached hydrogen (secondary N) is 4. The number of hydrogen-bond acceptors (Lipinski definition) is 9. The van der Waals surface area contributed by atoms with E-state index >= 15 is 0 Å². The lowest BCUT2D eigenvalue weighted by Gasteiger charge is -2.19. The molecule has 1 aliphatic heterocycles. The molecular weight excluding hydrogens is 520 g/mol. The number of halogens is 1. The number of amides is 1. The van der Waals surface area contributed by atoms with Gasteiger partial charge in [-0.15, -0.1) is 10.6 Å². The number of nitrogens with zero attached hydrogens (tertiary/aromatic N) is 4. The van der Waals surface area contributed by atoms with Crippen LogP contribution in [-0.4, -0.2) is 46.8 Å². The van der Waals surface area contributed by atoms with Crippen LogP contribution in [0.1, 0.15) is 30.8 Å². The van der Waals surface area contributed by atoms with E-state index in [-0.39, 0.29) is 17.6 Å². The molecule has 1 unspecified atom stereocenters. The van der Waals surface area contributed by atoms with Crippen LogP contribution < -0.4 is 31.3 Å². The maximum atomic E-state index is 13.6. The number of hydrogen-bond donors (Lipinski definition) is 4. The Morgan fingerprint density at radius 2 is 1.87 bits per heavy atom. The van der Waals surface area contributed by atoms with Gasteiger partial charge in [0.05, 0.1) is 42.7 Å². The molecule has 0 fully saturated rings. The van der Waals surface area contributed by atoms with Gasteiger partial charge in [-0.3, -0.25) is 15.2 Å². The highest BCUT2D eigenvalue weighted by molar-refractivity contribution is 6.31. The fraction of sp³-hybridized carbons (Fsp3) is 0.259. The molecule has 11 nitrogen and oxygen atoms in total. The zero-order valence-corrected chi connectivity index (χ0v) is 22.7. The predicted octanol–water partition coefficient (Wildman–Crippen LogP) is 3.83. The number of hydrazone groups is 1. The normalized spacial score (nSPS) is 13.5. The van der Waals surface area contributed by atoms with Gasteiger partial charge in [0.25, 0.3) is 5.91 Å². The molecule has 1 aliphatic rings. The second kappa shape index (κ2) is 11.2. The molecule has 4 N–H and O–H groups in total. The third kappa shape index (κ3) is 5.31. The van der Waals surface area contributed by atoms with Gasteiger partial charge in [0.2, 0.25) is 0 Å². The van der Waals surface area contributed by atoms with Gasteiger partial charge in [-0.1, -0.05) is 31.5 Å². The van der Waals surface area contributed by atoms with Crippen LogP contribution in [0.4, 0.5) is 0 Å². The first-order chi connectivity index (χ1) is 18.9. The van der Waals surface area contributed by atoms with Crippen molar-refractivity contribution < 1.29 is 14.3 Å². The van der Waals surface area contributed by atoms with E-state index in [1.807, 2.05) is 30.3 Å². The molecule has 5 rings (SSSR count). The van der Waals surface area contributed by atoms with Crippen LogP contribution in [0, 0.1) is 5.92 Å². The number of rotatable bonds is 9. The summed E-state index contributed by atoms with van der Waals surface area (Å²) in [5.41, 5.74) is 11.2. The Morgan fingerprint density at radius 1 is 1.10 bits per heavy atom. The van der Waals surface area contributed by atoms with E-state index in [4.69, 9.17) is 26.2 Å². The van der Waals surface area contributed by atoms with Crippen molar-refractivity contribution in [3.05, 3.63) is 65.4 Å². The molecule has 0 radical (unpaired) electrons. The lowest BCUT2D eigenvalue weighted by molar-refractivity contribution is 0.0938. The van der Waals surface area contributed by atoms with E-state index in [0.29, 0.717) is 57.2 Å². The molecule has 12 heteroatoms. The third-order valence-electron chi connectivity index (χ3n) is 6.30. The molecule has 3 heterocycles. The number of ether oxygens (including phenoxy) is 2. The molecule has 2 aromatic carbocycles. The summed E-state index contributed by atoms with van der Waals surface area (Å²) in [4.78, 5) is 18.1. The largest absolute Gasteiger partial charge is 0.496 e. The average molecular weight is 549 g/mol. The van der Waals surface area contributed by atoms with Gasteiger partial charge in [0.1, 0.15) is 11.5 Å². The third-order valence-corrected chi connectivity index (χ3v) is 6.54. The molecule has 1 atom stereocenters. The van der Waals surface area contributed by atoms with Crippen molar-refractivity contribution in [2.24, 2.45) is 11.0 Å². The van der Waals surface area contributed by atoms with Crippen LogP contribution in [-0.2, 0) is 0 Å². The Bertz CT molecular complexity index is 1530. The van der Waals surface area contributed by atoms with Gasteiger partial charge in [-0.25, -0.2) is 10.2 Å². The molecule has 0 aliphatic carbocycles. The molecule has 0 spiro atoms. The van der Waals surface area contributed by atoms with Crippen LogP contribution in [0.5, 0.6) is 11.5 Å². The van der Waals surface area contributed by atoms with Crippen LogP contribution >= 0.6 is 11.6 Å². The number of carbonyl (C=O) groups is 1. The maximum Gasteiger partial charge on any atom is 0.272 e. The van der Waals surface area contributed by atoms with Crippen molar-refractivity contribution in [1.82, 2.24) is 36.6 Å². The molecular formula is C27H29ClN8O3. The smallest absolute Gasteiger partial charge is 0.272 e. The van der Waals surface area contributed by atoms with Gasteiger partial charge in [0, 0.05) is 16.6 Å². The van der Waals surface area contributed by atoms with Crippen molar-refractivity contribution in [3.8, 4) is 28.4 Å². The number of methoxy groups -OCH3 is 2. The molecule has 0 bridgehead atoms. The minimum Gasteiger partial charge on any atom is -0.496 e. The summed E-state index contributed by atoms with van der Waals surface area (Å²) in [5, 5.41) is 13.4. The number of fused-ring (bicyclic) bond motifs is 1. The van der Waals surface area contributed by atoms with Crippen LogP contribution in [0.15, 0.2) is 59.8 Å². The first-order valence-corrected chi connectivity index (χ1v) is 12.8. The number of carbonyl (C=O) groups excluding carboxylic acids is 1. The summed E-state index contributed by atoms with van der Waals surface area (Å²) < 4.78 is 13.1. The Labute approximate surface area is 230 Å². The zero-order chi connectivity index (χ0) is 27.5. The lowest BCUT2D eigenvalue weighted by atomic mass is 10.0. The van der Waals surface area contributed by atoms with Gasteiger partial charge >= 0.3 is 0 Å². The first kappa shape index (κ1) is 26.3. The number of hydrazine groups is 2. The molecule has 39 heavy (non-hydrogen) atoms. The number of benzene rings is 2. The van der Waals surface area contributed by atoms with Gasteiger partial charge in [-0.2, -0.15) is 5.10 Å². The van der Waals surface area contributed by atoms with Gasteiger partial charge in [-0.05, 0) is 54.8 Å². The number of amidine groups is 1. The summed E-state index contributed by atoms with van der Waals surface area (Å²) >= 11 is 6.24. The summed E-state index contributed by atoms with van der Waals surface area (Å²) in [6, 6.07) is 14.2. The van der Waals surface area contributed by atoms with E-state index in [1.54, 1.807) is 43.3 Å². The number of aromatic nitrogens is 3. The van der Waals surface area contributed by atoms with Crippen LogP contribution in [0.3, 0.4) is 0 Å². The second-order valence-electron chi connectivity index (χ2n) is 9.37. The minimum atomic E-state index is -0.363. The highest BCUT2D eigenvalue weighted by atomic mass is 35.5. The van der Waals surface area contributed by atoms with Crippen molar-refractivity contribution in [1.29, 1.82) is 0 Å². The maximum absolute atomic E-state index is 13.6. The summed E-state index contributed by atoms with van der Waals surface area (Å²) in [6.45, 7) is 4.16. The monoisotopic (exact) mass is 548 g/mol. The molecule has 0 saturated carbocycles. The van der Waals surface area contributed by atoms with Gasteiger partial charge in [0.15, 0.2) is 11.5 Å². The van der Waals surface area contributed by atoms with E-state index in [9.17, 15) is 4.79 Å². The second-order valence-corrected chi connectivity index (χ2v) is 9.81. The number of pyridine rings is 1. The van der Waals surface area contributed by atoms with Crippen LogP contribution in [0.25, 0.3) is 27.8 Å². The van der Waals surface area contributed by atoms with Crippen molar-refractivity contribution in [2.75, 3.05) is 14.2 Å². The highest BCUT2D eigenvalue weighted by Crippen LogP contribution is 2.40. The fourth-order valence-corrected chi connectivity index (χ4v) is 4.73. The highest BCUT2D eigenvalue weighted by Gasteiger charge is 2.27. The van der Waals surface area contributed by atoms with Crippen molar-refractivity contribution >= 4 is 34.2 Å². The average Bonchev–Trinajstić information content (AvgIpc) is 3.62. The Hall–Kier alpha value is -4.35. The van der Waals surface area contributed by atoms with Crippen molar-refractivity contribution in [3.63, 3.8) is 0 Å². The Kier molecular flexibility index (Phi) is 7.53. The van der Waals surface area contributed by atoms with Gasteiger partial charge < -0.3 is 14.8 Å². The van der Waals surface area contributed by atoms with E-state index in [2.05, 4.69) is 45.7 Å². The standard InChI is InChI=1S/C27H29ClN8O3/c1-15(2)12-19(26-31-34-35-32-26)30-27(37)20-14-22(25-23(38-3)6-5-7-24(25)39-4)36(33-20)21-10-11-29-18-13-16(28)8-9-17(18)21/h5-11,13-15,19,34-35H,12H2,1-4H3,(H,30,37)(H,31,32). The molecule has 202 valence electrons. The van der Waals surface area contributed by atoms with Crippen molar-refractivity contribution in [2.45, 2.75) is 26.3 Å². The fourth-order valence-electron chi connectivity index (χ4n) is 4.56. The van der Waals surface area contributed by atoms with E-state index in [1.165, 1.54) is 0 Å². The Morgan fingerprint density at radius 3 is 2.54 bits per heavy atom. The predicted molar refractivity (Wildman–Crippen MR) is 150 cm³/mol. The minimum absolute atomic E-state index is 0.213. The SMILES string of the molecule is COc1cccc(OC)c1-c1cc(C(=O)NC(CC(C)C)C2=NNNN2)nn1-c1ccnc2cc(Cl)ccc12. The Balaban J connectivity index is 1.66. The summed E-state index contributed by atoms with van der Waals surface area (Å²) in [7, 11) is 3.18. The van der Waals surface area contributed by atoms with Crippen LogP contribution in [0.2, 0.25) is 5.02 Å². The molecule has 0 saturated heterocycles. The molecule has 2 aromatic heterocycles. The first-order valence-electron chi connectivity index (χ1n) is 12.4. The zero-order valence-electron chi connectivity index (χ0n) is 21.9. The summed E-state index contributed by atoms with van der Waals surface area (Å²) in [5.74, 6) is 1.68.